The van der Waals surface area contributed by atoms with E-state index in [9.17, 15) is 9.90 Å². The molecule has 0 atom stereocenters. The maximum atomic E-state index is 12.0. The lowest BCUT2D eigenvalue weighted by Crippen LogP contribution is -2.47. The summed E-state index contributed by atoms with van der Waals surface area (Å²) in [6.07, 6.45) is 3.25. The zero-order valence-electron chi connectivity index (χ0n) is 10.1. The van der Waals surface area contributed by atoms with Crippen LogP contribution in [0.25, 0.3) is 0 Å². The molecule has 1 amide bonds. The molecule has 1 aliphatic heterocycles. The first-order valence-corrected chi connectivity index (χ1v) is 6.01. The fraction of sp³-hybridized carbons (Fsp3) is 0.917. The zero-order chi connectivity index (χ0) is 11.5. The number of aliphatic hydroxyl groups is 1. The number of carbonyl (C=O) groups excluding carboxylic acids is 1. The van der Waals surface area contributed by atoms with Crippen LogP contribution in [0.3, 0.4) is 0 Å². The van der Waals surface area contributed by atoms with Gasteiger partial charge in [-0.15, -0.1) is 0 Å². The van der Waals surface area contributed by atoms with E-state index in [1.165, 1.54) is 0 Å². The molecule has 88 valence electrons. The Morgan fingerprint density at radius 2 is 1.80 bits per heavy atom. The highest BCUT2D eigenvalue weighted by Crippen LogP contribution is 2.23. The Balaban J connectivity index is 2.49. The van der Waals surface area contributed by atoms with Crippen molar-refractivity contribution < 1.29 is 9.90 Å². The highest BCUT2D eigenvalue weighted by Gasteiger charge is 2.31. The number of amides is 1. The van der Waals surface area contributed by atoms with E-state index in [1.807, 2.05) is 11.8 Å². The van der Waals surface area contributed by atoms with Gasteiger partial charge in [0, 0.05) is 19.0 Å². The Morgan fingerprint density at radius 1 is 1.33 bits per heavy atom. The lowest BCUT2D eigenvalue weighted by atomic mass is 9.92. The summed E-state index contributed by atoms with van der Waals surface area (Å²) in [5.74, 6) is 0.448. The zero-order valence-corrected chi connectivity index (χ0v) is 10.1. The summed E-state index contributed by atoms with van der Waals surface area (Å²) in [4.78, 5) is 13.9. The van der Waals surface area contributed by atoms with Crippen molar-refractivity contribution in [2.75, 3.05) is 13.1 Å². The molecule has 0 aromatic carbocycles. The molecular formula is C12H23NO2. The fourth-order valence-electron chi connectivity index (χ4n) is 2.10. The number of nitrogens with zero attached hydrogens (tertiary/aromatic N) is 1. The standard InChI is InChI=1S/C12H23NO2/c1-4-10(5-2)11(14)13-8-6-12(3,15)7-9-13/h10,15H,4-9H2,1-3H3. The molecule has 0 radical (unpaired) electrons. The van der Waals surface area contributed by atoms with E-state index in [0.29, 0.717) is 25.9 Å². The van der Waals surface area contributed by atoms with Gasteiger partial charge in [-0.3, -0.25) is 4.79 Å². The largest absolute Gasteiger partial charge is 0.390 e. The smallest absolute Gasteiger partial charge is 0.225 e. The predicted molar refractivity (Wildman–Crippen MR) is 60.5 cm³/mol. The summed E-state index contributed by atoms with van der Waals surface area (Å²) in [5, 5.41) is 9.79. The minimum Gasteiger partial charge on any atom is -0.390 e. The molecule has 15 heavy (non-hydrogen) atoms. The summed E-state index contributed by atoms with van der Waals surface area (Å²) in [7, 11) is 0. The first-order chi connectivity index (χ1) is 7.00. The van der Waals surface area contributed by atoms with E-state index >= 15 is 0 Å². The molecule has 1 rings (SSSR count). The number of hydrogen-bond donors (Lipinski definition) is 1. The molecule has 1 N–H and O–H groups in total. The van der Waals surface area contributed by atoms with Crippen LogP contribution in [0.1, 0.15) is 46.5 Å². The topological polar surface area (TPSA) is 40.5 Å². The Bertz CT molecular complexity index is 212. The van der Waals surface area contributed by atoms with E-state index in [4.69, 9.17) is 0 Å². The van der Waals surface area contributed by atoms with E-state index in [1.54, 1.807) is 0 Å². The van der Waals surface area contributed by atoms with Crippen LogP contribution in [0.5, 0.6) is 0 Å². The summed E-state index contributed by atoms with van der Waals surface area (Å²) in [6, 6.07) is 0. The molecule has 0 aromatic rings. The van der Waals surface area contributed by atoms with Gasteiger partial charge in [-0.05, 0) is 32.6 Å². The van der Waals surface area contributed by atoms with Crippen LogP contribution in [0.2, 0.25) is 0 Å². The Labute approximate surface area is 92.5 Å². The van der Waals surface area contributed by atoms with Crippen molar-refractivity contribution in [2.45, 2.75) is 52.1 Å². The second kappa shape index (κ2) is 4.97. The van der Waals surface area contributed by atoms with Crippen LogP contribution >= 0.6 is 0 Å². The van der Waals surface area contributed by atoms with Crippen LogP contribution in [0.4, 0.5) is 0 Å². The lowest BCUT2D eigenvalue weighted by molar-refractivity contribution is -0.139. The van der Waals surface area contributed by atoms with Gasteiger partial charge in [0.2, 0.25) is 5.91 Å². The van der Waals surface area contributed by atoms with Gasteiger partial charge in [-0.1, -0.05) is 13.8 Å². The van der Waals surface area contributed by atoms with Crippen molar-refractivity contribution in [3.63, 3.8) is 0 Å². The third-order valence-corrected chi connectivity index (χ3v) is 3.49. The van der Waals surface area contributed by atoms with E-state index in [2.05, 4.69) is 13.8 Å². The minimum absolute atomic E-state index is 0.174. The Kier molecular flexibility index (Phi) is 4.14. The number of carbonyl (C=O) groups is 1. The summed E-state index contributed by atoms with van der Waals surface area (Å²) < 4.78 is 0. The van der Waals surface area contributed by atoms with Gasteiger partial charge < -0.3 is 10.0 Å². The van der Waals surface area contributed by atoms with Gasteiger partial charge in [0.25, 0.3) is 0 Å². The van der Waals surface area contributed by atoms with Gasteiger partial charge in [-0.2, -0.15) is 0 Å². The molecule has 3 nitrogen and oxygen atoms in total. The van der Waals surface area contributed by atoms with E-state index in [-0.39, 0.29) is 11.8 Å². The normalized spacial score (nSPS) is 20.7. The van der Waals surface area contributed by atoms with Crippen LogP contribution < -0.4 is 0 Å². The summed E-state index contributed by atoms with van der Waals surface area (Å²) in [5.41, 5.74) is -0.565. The van der Waals surface area contributed by atoms with Crippen LogP contribution in [0.15, 0.2) is 0 Å². The Morgan fingerprint density at radius 3 is 2.20 bits per heavy atom. The Hall–Kier alpha value is -0.570. The fourth-order valence-corrected chi connectivity index (χ4v) is 2.10. The molecule has 0 spiro atoms. The van der Waals surface area contributed by atoms with Gasteiger partial charge >= 0.3 is 0 Å². The van der Waals surface area contributed by atoms with Gasteiger partial charge in [-0.25, -0.2) is 0 Å². The number of rotatable bonds is 3. The molecule has 1 saturated heterocycles. The lowest BCUT2D eigenvalue weighted by Gasteiger charge is -2.37. The molecule has 1 aliphatic rings. The van der Waals surface area contributed by atoms with Crippen molar-refractivity contribution >= 4 is 5.91 Å². The van der Waals surface area contributed by atoms with E-state index in [0.717, 1.165) is 12.8 Å². The molecule has 0 aliphatic carbocycles. The monoisotopic (exact) mass is 213 g/mol. The molecule has 1 fully saturated rings. The van der Waals surface area contributed by atoms with Crippen LogP contribution in [0, 0.1) is 5.92 Å². The van der Waals surface area contributed by atoms with Crippen molar-refractivity contribution in [2.24, 2.45) is 5.92 Å². The second-order valence-electron chi connectivity index (χ2n) is 4.84. The van der Waals surface area contributed by atoms with Gasteiger partial charge in [0.1, 0.15) is 0 Å². The number of piperidine rings is 1. The SMILES string of the molecule is CCC(CC)C(=O)N1CCC(C)(O)CC1. The number of likely N-dealkylation sites (tertiary alicyclic amines) is 1. The number of hydrogen-bond acceptors (Lipinski definition) is 2. The maximum absolute atomic E-state index is 12.0. The summed E-state index contributed by atoms with van der Waals surface area (Å²) >= 11 is 0. The quantitative estimate of drug-likeness (QED) is 0.776. The van der Waals surface area contributed by atoms with Crippen molar-refractivity contribution in [3.05, 3.63) is 0 Å². The average Bonchev–Trinajstić information content (AvgIpc) is 2.19. The van der Waals surface area contributed by atoms with Crippen molar-refractivity contribution in [1.29, 1.82) is 0 Å². The molecule has 0 saturated carbocycles. The molecule has 0 unspecified atom stereocenters. The molecule has 0 aromatic heterocycles. The third kappa shape index (κ3) is 3.20. The van der Waals surface area contributed by atoms with Gasteiger partial charge in [0.05, 0.1) is 5.60 Å². The predicted octanol–water partition coefficient (Wildman–Crippen LogP) is 1.80. The highest BCUT2D eigenvalue weighted by molar-refractivity contribution is 5.78. The van der Waals surface area contributed by atoms with Crippen molar-refractivity contribution in [1.82, 2.24) is 4.90 Å². The first-order valence-electron chi connectivity index (χ1n) is 6.01. The van der Waals surface area contributed by atoms with Crippen LogP contribution in [-0.4, -0.2) is 34.6 Å². The molecular weight excluding hydrogens is 190 g/mol. The first kappa shape index (κ1) is 12.5. The average molecular weight is 213 g/mol. The molecule has 3 heteroatoms. The maximum Gasteiger partial charge on any atom is 0.225 e. The third-order valence-electron chi connectivity index (χ3n) is 3.49. The molecule has 1 heterocycles. The summed E-state index contributed by atoms with van der Waals surface area (Å²) in [6.45, 7) is 7.40. The van der Waals surface area contributed by atoms with E-state index < -0.39 is 5.60 Å². The minimum atomic E-state index is -0.565. The second-order valence-corrected chi connectivity index (χ2v) is 4.84. The van der Waals surface area contributed by atoms with Crippen molar-refractivity contribution in [3.8, 4) is 0 Å². The van der Waals surface area contributed by atoms with Crippen LogP contribution in [-0.2, 0) is 4.79 Å². The molecule has 0 bridgehead atoms. The highest BCUT2D eigenvalue weighted by atomic mass is 16.3. The van der Waals surface area contributed by atoms with Gasteiger partial charge in [0.15, 0.2) is 0 Å².